The van der Waals surface area contributed by atoms with Crippen LogP contribution in [0, 0.1) is 0 Å². The Morgan fingerprint density at radius 1 is 1.40 bits per heavy atom. The van der Waals surface area contributed by atoms with Crippen LogP contribution in [0.25, 0.3) is 0 Å². The van der Waals surface area contributed by atoms with Gasteiger partial charge in [-0.1, -0.05) is 6.07 Å². The van der Waals surface area contributed by atoms with Crippen LogP contribution in [0.3, 0.4) is 0 Å². The molecule has 0 radical (unpaired) electrons. The molecule has 1 aromatic carbocycles. The molecule has 0 bridgehead atoms. The van der Waals surface area contributed by atoms with Crippen LogP contribution in [-0.2, 0) is 11.8 Å². The first-order valence-electron chi connectivity index (χ1n) is 3.10. The molecule has 0 atom stereocenters. The van der Waals surface area contributed by atoms with Gasteiger partial charge in [-0.05, 0) is 12.1 Å². The zero-order chi connectivity index (χ0) is 7.40. The topological polar surface area (TPSA) is 9.23 Å². The predicted molar refractivity (Wildman–Crippen MR) is 45.9 cm³/mol. The Bertz CT molecular complexity index is 191. The Hall–Kier alpha value is -0.630. The number of thiol groups is 1. The van der Waals surface area contributed by atoms with Crippen molar-refractivity contribution in [2.24, 2.45) is 0 Å². The fourth-order valence-corrected chi connectivity index (χ4v) is 1.24. The smallest absolute Gasteiger partial charge is 0.156 e. The monoisotopic (exact) mass is 155 g/mol. The van der Waals surface area contributed by atoms with Crippen LogP contribution in [0.15, 0.2) is 29.2 Å². The second kappa shape index (κ2) is 3.52. The highest BCUT2D eigenvalue weighted by molar-refractivity contribution is 7.77. The van der Waals surface area contributed by atoms with E-state index in [0.717, 1.165) is 5.75 Å². The van der Waals surface area contributed by atoms with E-state index in [0.29, 0.717) is 0 Å². The molecule has 54 valence electrons. The maximum atomic E-state index is 5.05. The minimum absolute atomic E-state index is 0.937. The SMILES string of the molecule is COc1cccc([SH+]C)c1. The van der Waals surface area contributed by atoms with E-state index in [9.17, 15) is 0 Å². The fraction of sp³-hybridized carbons (Fsp3) is 0.250. The number of methoxy groups -OCH3 is 1. The summed E-state index contributed by atoms with van der Waals surface area (Å²) in [6, 6.07) is 8.09. The Morgan fingerprint density at radius 2 is 2.20 bits per heavy atom. The van der Waals surface area contributed by atoms with Gasteiger partial charge in [-0.3, -0.25) is 0 Å². The molecule has 0 fully saturated rings. The largest absolute Gasteiger partial charge is 0.497 e. The summed E-state index contributed by atoms with van der Waals surface area (Å²) >= 11 is 1.28. The Morgan fingerprint density at radius 3 is 2.80 bits per heavy atom. The molecule has 1 aromatic rings. The van der Waals surface area contributed by atoms with Gasteiger partial charge in [-0.15, -0.1) is 0 Å². The summed E-state index contributed by atoms with van der Waals surface area (Å²) < 4.78 is 5.05. The van der Waals surface area contributed by atoms with Crippen molar-refractivity contribution in [1.82, 2.24) is 0 Å². The molecule has 0 aliphatic heterocycles. The molecule has 1 rings (SSSR count). The van der Waals surface area contributed by atoms with Crippen molar-refractivity contribution in [2.45, 2.75) is 4.90 Å². The maximum Gasteiger partial charge on any atom is 0.156 e. The molecular formula is C8H11OS+. The summed E-state index contributed by atoms with van der Waals surface area (Å²) in [6.45, 7) is 0. The molecule has 0 saturated carbocycles. The molecule has 0 heterocycles. The molecule has 0 aromatic heterocycles. The van der Waals surface area contributed by atoms with Crippen molar-refractivity contribution in [1.29, 1.82) is 0 Å². The Balaban J connectivity index is 2.87. The molecule has 0 spiro atoms. The van der Waals surface area contributed by atoms with Gasteiger partial charge >= 0.3 is 0 Å². The second-order valence-corrected chi connectivity index (χ2v) is 2.89. The minimum atomic E-state index is 0.937. The molecule has 0 aliphatic rings. The number of hydrogen-bond acceptors (Lipinski definition) is 1. The highest BCUT2D eigenvalue weighted by atomic mass is 32.2. The molecule has 10 heavy (non-hydrogen) atoms. The van der Waals surface area contributed by atoms with Gasteiger partial charge in [-0.2, -0.15) is 0 Å². The van der Waals surface area contributed by atoms with E-state index in [2.05, 4.69) is 12.3 Å². The number of benzene rings is 1. The highest BCUT2D eigenvalue weighted by Gasteiger charge is 1.97. The molecular weight excluding hydrogens is 144 g/mol. The normalized spacial score (nSPS) is 9.40. The quantitative estimate of drug-likeness (QED) is 0.464. The minimum Gasteiger partial charge on any atom is -0.497 e. The van der Waals surface area contributed by atoms with Gasteiger partial charge in [0, 0.05) is 17.8 Å². The van der Waals surface area contributed by atoms with Gasteiger partial charge in [0.2, 0.25) is 0 Å². The molecule has 0 amide bonds. The van der Waals surface area contributed by atoms with Gasteiger partial charge in [0.1, 0.15) is 12.0 Å². The van der Waals surface area contributed by atoms with Crippen LogP contribution in [-0.4, -0.2) is 13.4 Å². The maximum absolute atomic E-state index is 5.05. The van der Waals surface area contributed by atoms with Crippen LogP contribution in [0.4, 0.5) is 0 Å². The van der Waals surface area contributed by atoms with Crippen LogP contribution < -0.4 is 4.74 Å². The second-order valence-electron chi connectivity index (χ2n) is 1.93. The summed E-state index contributed by atoms with van der Waals surface area (Å²) in [5.41, 5.74) is 0. The summed E-state index contributed by atoms with van der Waals surface area (Å²) in [5.74, 6) is 0.937. The third-order valence-corrected chi connectivity index (χ3v) is 2.11. The van der Waals surface area contributed by atoms with Crippen LogP contribution in [0.2, 0.25) is 0 Å². The molecule has 0 aliphatic carbocycles. The summed E-state index contributed by atoms with van der Waals surface area (Å²) in [4.78, 5) is 1.29. The first kappa shape index (κ1) is 7.48. The van der Waals surface area contributed by atoms with Crippen molar-refractivity contribution in [3.8, 4) is 5.75 Å². The zero-order valence-electron chi connectivity index (χ0n) is 6.16. The van der Waals surface area contributed by atoms with E-state index >= 15 is 0 Å². The summed E-state index contributed by atoms with van der Waals surface area (Å²) in [6.07, 6.45) is 2.11. The fourth-order valence-electron chi connectivity index (χ4n) is 0.750. The third-order valence-electron chi connectivity index (χ3n) is 1.31. The Labute approximate surface area is 65.4 Å². The standard InChI is InChI=1S/C8H10OS/c1-9-7-4-3-5-8(6-7)10-2/h3-6H,1-2H3/p+1. The molecule has 0 N–H and O–H groups in total. The van der Waals surface area contributed by atoms with Gasteiger partial charge in [0.05, 0.1) is 7.11 Å². The average molecular weight is 155 g/mol. The molecule has 0 saturated heterocycles. The van der Waals surface area contributed by atoms with Crippen molar-refractivity contribution >= 4 is 11.8 Å². The lowest BCUT2D eigenvalue weighted by atomic mass is 10.3. The first-order valence-corrected chi connectivity index (χ1v) is 4.45. The van der Waals surface area contributed by atoms with E-state index in [1.807, 2.05) is 18.2 Å². The lowest BCUT2D eigenvalue weighted by molar-refractivity contribution is 0.413. The molecule has 2 heteroatoms. The van der Waals surface area contributed by atoms with Gasteiger partial charge in [-0.25, -0.2) is 0 Å². The van der Waals surface area contributed by atoms with Gasteiger partial charge in [0.15, 0.2) is 4.90 Å². The highest BCUT2D eigenvalue weighted by Crippen LogP contribution is 2.12. The van der Waals surface area contributed by atoms with Gasteiger partial charge < -0.3 is 4.74 Å². The summed E-state index contributed by atoms with van der Waals surface area (Å²) in [5, 5.41) is 0. The van der Waals surface area contributed by atoms with Crippen molar-refractivity contribution in [3.63, 3.8) is 0 Å². The Kier molecular flexibility index (Phi) is 2.63. The molecule has 1 nitrogen and oxygen atoms in total. The van der Waals surface area contributed by atoms with Crippen molar-refractivity contribution in [2.75, 3.05) is 13.4 Å². The van der Waals surface area contributed by atoms with Crippen LogP contribution in [0.1, 0.15) is 0 Å². The van der Waals surface area contributed by atoms with E-state index < -0.39 is 0 Å². The van der Waals surface area contributed by atoms with E-state index in [4.69, 9.17) is 4.74 Å². The van der Waals surface area contributed by atoms with Crippen molar-refractivity contribution < 1.29 is 4.74 Å². The summed E-state index contributed by atoms with van der Waals surface area (Å²) in [7, 11) is 1.69. The predicted octanol–water partition coefficient (Wildman–Crippen LogP) is 1.50. The average Bonchev–Trinajstić information content (AvgIpc) is 2.05. The zero-order valence-corrected chi connectivity index (χ0v) is 7.06. The van der Waals surface area contributed by atoms with Crippen LogP contribution in [0.5, 0.6) is 5.75 Å². The first-order chi connectivity index (χ1) is 4.86. The van der Waals surface area contributed by atoms with E-state index in [-0.39, 0.29) is 0 Å². The lowest BCUT2D eigenvalue weighted by Crippen LogP contribution is -1.84. The van der Waals surface area contributed by atoms with Crippen molar-refractivity contribution in [3.05, 3.63) is 24.3 Å². The number of rotatable bonds is 2. The van der Waals surface area contributed by atoms with Crippen LogP contribution >= 0.6 is 0 Å². The third kappa shape index (κ3) is 1.67. The lowest BCUT2D eigenvalue weighted by Gasteiger charge is -1.96. The number of ether oxygens (including phenoxy) is 1. The number of hydrogen-bond donors (Lipinski definition) is 0. The van der Waals surface area contributed by atoms with E-state index in [1.54, 1.807) is 7.11 Å². The van der Waals surface area contributed by atoms with E-state index in [1.165, 1.54) is 16.7 Å². The molecule has 0 unspecified atom stereocenters. The van der Waals surface area contributed by atoms with Gasteiger partial charge in [0.25, 0.3) is 0 Å².